The second-order valence-corrected chi connectivity index (χ2v) is 13.4. The summed E-state index contributed by atoms with van der Waals surface area (Å²) in [6.07, 6.45) is 11.4. The van der Waals surface area contributed by atoms with Crippen molar-refractivity contribution in [1.29, 1.82) is 0 Å². The Bertz CT molecular complexity index is 1520. The molecule has 2 fully saturated rings. The quantitative estimate of drug-likeness (QED) is 0.243. The van der Waals surface area contributed by atoms with Gasteiger partial charge in [-0.05, 0) is 62.9 Å². The van der Waals surface area contributed by atoms with Gasteiger partial charge in [-0.3, -0.25) is 14.4 Å². The topological polar surface area (TPSA) is 93.6 Å². The van der Waals surface area contributed by atoms with Gasteiger partial charge in [0.15, 0.2) is 0 Å². The largest absolute Gasteiger partial charge is 0.396 e. The van der Waals surface area contributed by atoms with Crippen LogP contribution in [0.4, 0.5) is 11.4 Å². The average molecular weight is 655 g/mol. The predicted molar refractivity (Wildman–Crippen MR) is 187 cm³/mol. The minimum absolute atomic E-state index is 0.113. The number of anilines is 2. The third-order valence-corrected chi connectivity index (χ3v) is 10.8. The zero-order chi connectivity index (χ0) is 33.9. The zero-order valence-electron chi connectivity index (χ0n) is 28.6. The molecule has 2 aromatic rings. The van der Waals surface area contributed by atoms with Crippen LogP contribution in [-0.4, -0.2) is 89.2 Å². The van der Waals surface area contributed by atoms with Crippen molar-refractivity contribution >= 4 is 29.1 Å². The summed E-state index contributed by atoms with van der Waals surface area (Å²) in [5, 5.41) is 9.30. The van der Waals surface area contributed by atoms with E-state index in [0.717, 1.165) is 42.9 Å². The fraction of sp³-hybridized carbons (Fsp3) is 0.513. The minimum Gasteiger partial charge on any atom is -0.396 e. The number of likely N-dealkylation sites (tertiary alicyclic amines) is 1. The van der Waals surface area contributed by atoms with Crippen molar-refractivity contribution in [3.05, 3.63) is 84.5 Å². The SMILES string of the molecule is CCN(CC)c1ccc(N2CC=C[C@]34O[C@@]5(CC)C=CCN(Cc6ccccc6)C(=O)[C@H]5[C@H]3C(=O)N(CCCCCCO)C4C2=O)cc1. The summed E-state index contributed by atoms with van der Waals surface area (Å²) in [6, 6.07) is 17.0. The molecule has 1 N–H and O–H groups in total. The Morgan fingerprint density at radius 2 is 1.52 bits per heavy atom. The zero-order valence-corrected chi connectivity index (χ0v) is 28.6. The van der Waals surface area contributed by atoms with E-state index < -0.39 is 29.1 Å². The number of rotatable bonds is 13. The first-order chi connectivity index (χ1) is 23.3. The Balaban J connectivity index is 1.38. The van der Waals surface area contributed by atoms with Crippen LogP contribution in [0.25, 0.3) is 0 Å². The molecule has 4 heterocycles. The monoisotopic (exact) mass is 654 g/mol. The van der Waals surface area contributed by atoms with E-state index in [4.69, 9.17) is 4.74 Å². The van der Waals surface area contributed by atoms with Crippen molar-refractivity contribution < 1.29 is 24.2 Å². The number of hydrogen-bond donors (Lipinski definition) is 1. The Kier molecular flexibility index (Phi) is 10.1. The normalized spacial score (nSPS) is 28.0. The highest BCUT2D eigenvalue weighted by molar-refractivity contribution is 6.06. The molecule has 6 rings (SSSR count). The van der Waals surface area contributed by atoms with E-state index in [-0.39, 0.29) is 24.3 Å². The van der Waals surface area contributed by atoms with E-state index in [0.29, 0.717) is 45.4 Å². The van der Waals surface area contributed by atoms with Gasteiger partial charge in [-0.15, -0.1) is 0 Å². The summed E-state index contributed by atoms with van der Waals surface area (Å²) < 4.78 is 7.16. The molecule has 0 aromatic heterocycles. The van der Waals surface area contributed by atoms with Crippen LogP contribution >= 0.6 is 0 Å². The highest BCUT2D eigenvalue weighted by atomic mass is 16.5. The van der Waals surface area contributed by atoms with Gasteiger partial charge in [-0.2, -0.15) is 0 Å². The molecular formula is C39H50N4O5. The molecule has 2 aromatic carbocycles. The third-order valence-electron chi connectivity index (χ3n) is 10.8. The van der Waals surface area contributed by atoms with Gasteiger partial charge in [0.05, 0.1) is 17.4 Å². The maximum atomic E-state index is 14.9. The number of aliphatic hydroxyl groups is 1. The van der Waals surface area contributed by atoms with E-state index in [1.54, 1.807) is 9.80 Å². The number of nitrogens with zero attached hydrogens (tertiary/aromatic N) is 4. The molecule has 5 atom stereocenters. The Morgan fingerprint density at radius 1 is 0.812 bits per heavy atom. The van der Waals surface area contributed by atoms with Crippen LogP contribution in [-0.2, 0) is 25.7 Å². The van der Waals surface area contributed by atoms with Crippen molar-refractivity contribution in [1.82, 2.24) is 9.80 Å². The second kappa shape index (κ2) is 14.3. The van der Waals surface area contributed by atoms with Gasteiger partial charge in [-0.25, -0.2) is 0 Å². The van der Waals surface area contributed by atoms with E-state index in [2.05, 4.69) is 18.7 Å². The summed E-state index contributed by atoms with van der Waals surface area (Å²) in [7, 11) is 0. The molecule has 0 radical (unpaired) electrons. The summed E-state index contributed by atoms with van der Waals surface area (Å²) in [5.41, 5.74) is 0.571. The lowest BCUT2D eigenvalue weighted by atomic mass is 9.73. The summed E-state index contributed by atoms with van der Waals surface area (Å²) >= 11 is 0. The van der Waals surface area contributed by atoms with Crippen molar-refractivity contribution in [3.8, 4) is 0 Å². The Labute approximate surface area is 284 Å². The molecule has 4 aliphatic heterocycles. The number of fused-ring (bicyclic) bond motifs is 2. The van der Waals surface area contributed by atoms with Gasteiger partial charge in [0, 0.05) is 57.3 Å². The van der Waals surface area contributed by atoms with Crippen LogP contribution in [0, 0.1) is 11.8 Å². The highest BCUT2D eigenvalue weighted by Gasteiger charge is 2.75. The number of ether oxygens (including phenoxy) is 1. The smallest absolute Gasteiger partial charge is 0.253 e. The molecule has 4 aliphatic rings. The first kappa shape index (κ1) is 33.9. The number of carbonyl (C=O) groups excluding carboxylic acids is 3. The van der Waals surface area contributed by atoms with Crippen molar-refractivity contribution in [2.24, 2.45) is 11.8 Å². The Morgan fingerprint density at radius 3 is 2.21 bits per heavy atom. The van der Waals surface area contributed by atoms with Crippen molar-refractivity contribution in [2.75, 3.05) is 49.1 Å². The van der Waals surface area contributed by atoms with E-state index in [1.165, 1.54) is 0 Å². The summed E-state index contributed by atoms with van der Waals surface area (Å²) in [6.45, 7) is 9.72. The molecule has 0 aliphatic carbocycles. The summed E-state index contributed by atoms with van der Waals surface area (Å²) in [5.74, 6) is -2.10. The van der Waals surface area contributed by atoms with Crippen LogP contribution in [0.2, 0.25) is 0 Å². The van der Waals surface area contributed by atoms with Crippen LogP contribution in [0.3, 0.4) is 0 Å². The molecule has 1 spiro atoms. The lowest BCUT2D eigenvalue weighted by Crippen LogP contribution is -2.56. The molecule has 9 nitrogen and oxygen atoms in total. The number of amides is 3. The highest BCUT2D eigenvalue weighted by Crippen LogP contribution is 2.58. The van der Waals surface area contributed by atoms with Crippen LogP contribution in [0.15, 0.2) is 78.9 Å². The van der Waals surface area contributed by atoms with Crippen molar-refractivity contribution in [2.45, 2.75) is 76.7 Å². The number of unbranched alkanes of at least 4 members (excludes halogenated alkanes) is 3. The molecule has 2 saturated heterocycles. The Hall–Kier alpha value is -3.95. The molecule has 0 bridgehead atoms. The first-order valence-electron chi connectivity index (χ1n) is 17.8. The van der Waals surface area contributed by atoms with Crippen molar-refractivity contribution in [3.63, 3.8) is 0 Å². The molecule has 9 heteroatoms. The van der Waals surface area contributed by atoms with Gasteiger partial charge in [0.1, 0.15) is 11.6 Å². The lowest BCUT2D eigenvalue weighted by molar-refractivity contribution is -0.150. The minimum atomic E-state index is -1.29. The number of hydrogen-bond acceptors (Lipinski definition) is 6. The van der Waals surface area contributed by atoms with E-state index in [9.17, 15) is 19.5 Å². The average Bonchev–Trinajstić information content (AvgIpc) is 3.39. The van der Waals surface area contributed by atoms with Gasteiger partial charge >= 0.3 is 0 Å². The van der Waals surface area contributed by atoms with Gasteiger partial charge in [0.2, 0.25) is 11.8 Å². The maximum Gasteiger partial charge on any atom is 0.253 e. The molecule has 256 valence electrons. The van der Waals surface area contributed by atoms with Gasteiger partial charge in [0.25, 0.3) is 5.91 Å². The predicted octanol–water partition coefficient (Wildman–Crippen LogP) is 4.95. The van der Waals surface area contributed by atoms with Crippen LogP contribution < -0.4 is 9.80 Å². The van der Waals surface area contributed by atoms with Gasteiger partial charge < -0.3 is 29.4 Å². The maximum absolute atomic E-state index is 14.9. The van der Waals surface area contributed by atoms with Crippen LogP contribution in [0.1, 0.15) is 58.4 Å². The fourth-order valence-electron chi connectivity index (χ4n) is 8.41. The van der Waals surface area contributed by atoms with Gasteiger partial charge in [-0.1, -0.05) is 74.4 Å². The van der Waals surface area contributed by atoms with E-state index >= 15 is 0 Å². The lowest BCUT2D eigenvalue weighted by Gasteiger charge is -2.38. The molecule has 3 amide bonds. The standard InChI is InChI=1S/C39H50N4O5/c1-4-38-22-14-24-41(28-29-16-10-9-11-17-29)35(45)32(38)33-36(46)43(25-12-7-8-13-27-44)34-37(47)42(26-15-23-39(33,34)48-38)31-20-18-30(19-21-31)40(5-2)6-3/h9-11,14-23,32-34,44H,4-8,12-13,24-28H2,1-3H3/t32-,33+,34?,38+,39+/m1/s1. The molecular weight excluding hydrogens is 604 g/mol. The first-order valence-corrected chi connectivity index (χ1v) is 17.8. The second-order valence-electron chi connectivity index (χ2n) is 13.4. The number of carbonyl (C=O) groups is 3. The summed E-state index contributed by atoms with van der Waals surface area (Å²) in [4.78, 5) is 51.9. The van der Waals surface area contributed by atoms with Crippen LogP contribution in [0.5, 0.6) is 0 Å². The fourth-order valence-corrected chi connectivity index (χ4v) is 8.41. The number of aliphatic hydroxyl groups excluding tert-OH is 1. The molecule has 48 heavy (non-hydrogen) atoms. The molecule has 1 unspecified atom stereocenters. The third kappa shape index (κ3) is 5.85. The molecule has 0 saturated carbocycles. The number of benzene rings is 2. The van der Waals surface area contributed by atoms with E-state index in [1.807, 2.05) is 90.7 Å².